The number of carboxylic acids is 1. The van der Waals surface area contributed by atoms with Gasteiger partial charge in [0.2, 0.25) is 0 Å². The van der Waals surface area contributed by atoms with E-state index in [1.165, 1.54) is 0 Å². The number of methoxy groups -OCH3 is 1. The minimum atomic E-state index is -0.995. The van der Waals surface area contributed by atoms with E-state index in [0.29, 0.717) is 17.9 Å². The van der Waals surface area contributed by atoms with E-state index >= 15 is 0 Å². The Hall–Kier alpha value is -2.47. The summed E-state index contributed by atoms with van der Waals surface area (Å²) in [4.78, 5) is 10.8. The number of carbonyl (C=O) groups is 1. The number of allylic oxidation sites excluding steroid dienone is 9. The quantitative estimate of drug-likeness (QED) is 0.113. The predicted molar refractivity (Wildman–Crippen MR) is 137 cm³/mol. The van der Waals surface area contributed by atoms with Crippen LogP contribution in [0.15, 0.2) is 83.6 Å². The molecule has 0 aromatic carbocycles. The number of rotatable bonds is 17. The van der Waals surface area contributed by atoms with Gasteiger partial charge in [0.05, 0.1) is 12.7 Å². The van der Waals surface area contributed by atoms with Gasteiger partial charge in [-0.05, 0) is 68.6 Å². The second kappa shape index (κ2) is 20.2. The number of aliphatic hydroxyl groups excluding tert-OH is 2. The molecule has 0 saturated heterocycles. The summed E-state index contributed by atoms with van der Waals surface area (Å²) in [7, 11) is 1.71. The molecule has 0 rings (SSSR count). The average molecular weight is 459 g/mol. The van der Waals surface area contributed by atoms with E-state index in [0.717, 1.165) is 42.9 Å². The third-order valence-corrected chi connectivity index (χ3v) is 4.93. The molecule has 0 radical (unpaired) electrons. The number of aliphatic carboxylic acids is 1. The molecule has 3 N–H and O–H groups in total. The molecule has 2 atom stereocenters. The van der Waals surface area contributed by atoms with Crippen LogP contribution in [0.1, 0.15) is 52.9 Å². The van der Waals surface area contributed by atoms with Crippen LogP contribution in [0.3, 0.4) is 0 Å². The Kier molecular flexibility index (Phi) is 18.7. The Morgan fingerprint density at radius 2 is 1.67 bits per heavy atom. The van der Waals surface area contributed by atoms with Gasteiger partial charge in [0.25, 0.3) is 0 Å². The van der Waals surface area contributed by atoms with Crippen molar-refractivity contribution in [1.82, 2.24) is 0 Å². The molecular weight excluding hydrogens is 416 g/mol. The maximum Gasteiger partial charge on any atom is 0.328 e. The number of hydrogen-bond donors (Lipinski definition) is 3. The summed E-state index contributed by atoms with van der Waals surface area (Å²) in [5.41, 5.74) is 2.66. The number of unbranched alkanes of at least 4 members (excludes halogenated alkanes) is 1. The highest BCUT2D eigenvalue weighted by atomic mass is 16.5. The molecule has 5 nitrogen and oxygen atoms in total. The molecule has 0 aliphatic rings. The van der Waals surface area contributed by atoms with E-state index in [1.807, 2.05) is 38.2 Å². The molecule has 0 spiro atoms. The fourth-order valence-electron chi connectivity index (χ4n) is 2.84. The van der Waals surface area contributed by atoms with Crippen molar-refractivity contribution in [2.24, 2.45) is 5.92 Å². The molecule has 0 aliphatic heterocycles. The van der Waals surface area contributed by atoms with Gasteiger partial charge in [0.15, 0.2) is 0 Å². The van der Waals surface area contributed by atoms with Crippen molar-refractivity contribution in [2.45, 2.75) is 59.0 Å². The van der Waals surface area contributed by atoms with Gasteiger partial charge in [-0.1, -0.05) is 67.7 Å². The minimum absolute atomic E-state index is 0.0238. The molecular formula is C28H42O5. The van der Waals surface area contributed by atoms with Crippen LogP contribution in [-0.2, 0) is 9.53 Å². The van der Waals surface area contributed by atoms with Crippen LogP contribution in [0.5, 0.6) is 0 Å². The van der Waals surface area contributed by atoms with Crippen molar-refractivity contribution >= 4 is 5.97 Å². The lowest BCUT2D eigenvalue weighted by Crippen LogP contribution is -2.10. The van der Waals surface area contributed by atoms with E-state index in [2.05, 4.69) is 37.3 Å². The third-order valence-electron chi connectivity index (χ3n) is 4.93. The van der Waals surface area contributed by atoms with Crippen LogP contribution >= 0.6 is 0 Å². The summed E-state index contributed by atoms with van der Waals surface area (Å²) in [6.07, 6.45) is 25.4. The van der Waals surface area contributed by atoms with Gasteiger partial charge < -0.3 is 20.1 Å². The monoisotopic (exact) mass is 458 g/mol. The number of aliphatic hydroxyl groups is 2. The molecule has 184 valence electrons. The van der Waals surface area contributed by atoms with Crippen LogP contribution in [-0.4, -0.2) is 47.7 Å². The van der Waals surface area contributed by atoms with Gasteiger partial charge in [-0.3, -0.25) is 0 Å². The second-order valence-electron chi connectivity index (χ2n) is 8.05. The zero-order chi connectivity index (χ0) is 24.9. The van der Waals surface area contributed by atoms with Gasteiger partial charge in [-0.15, -0.1) is 0 Å². The smallest absolute Gasteiger partial charge is 0.328 e. The molecule has 0 aromatic rings. The lowest BCUT2D eigenvalue weighted by molar-refractivity contribution is -0.131. The van der Waals surface area contributed by atoms with E-state index < -0.39 is 5.97 Å². The van der Waals surface area contributed by atoms with Gasteiger partial charge in [-0.25, -0.2) is 4.79 Å². The summed E-state index contributed by atoms with van der Waals surface area (Å²) in [5.74, 6) is -0.698. The predicted octanol–water partition coefficient (Wildman–Crippen LogP) is 5.70. The molecule has 0 fully saturated rings. The summed E-state index contributed by atoms with van der Waals surface area (Å²) < 4.78 is 5.54. The molecule has 0 aliphatic carbocycles. The first-order valence-corrected chi connectivity index (χ1v) is 11.5. The largest absolute Gasteiger partial charge is 0.478 e. The highest BCUT2D eigenvalue weighted by Gasteiger charge is 2.06. The first-order valence-electron chi connectivity index (χ1n) is 11.5. The Morgan fingerprint density at radius 1 is 0.970 bits per heavy atom. The highest BCUT2D eigenvalue weighted by molar-refractivity contribution is 5.81. The van der Waals surface area contributed by atoms with Gasteiger partial charge in [0, 0.05) is 19.8 Å². The molecule has 0 amide bonds. The highest BCUT2D eigenvalue weighted by Crippen LogP contribution is 2.12. The van der Waals surface area contributed by atoms with Gasteiger partial charge in [-0.2, -0.15) is 0 Å². The molecule has 0 bridgehead atoms. The summed E-state index contributed by atoms with van der Waals surface area (Å²) in [5, 5.41) is 26.9. The third kappa shape index (κ3) is 17.7. The average Bonchev–Trinajstić information content (AvgIpc) is 2.79. The van der Waals surface area contributed by atoms with Crippen molar-refractivity contribution in [3.63, 3.8) is 0 Å². The fourth-order valence-corrected chi connectivity index (χ4v) is 2.84. The number of ether oxygens (including phenoxy) is 1. The van der Waals surface area contributed by atoms with Crippen LogP contribution in [0.4, 0.5) is 0 Å². The topological polar surface area (TPSA) is 87.0 Å². The molecule has 5 heteroatoms. The fraction of sp³-hybridized carbons (Fsp3) is 0.464. The summed E-state index contributed by atoms with van der Waals surface area (Å²) in [6, 6.07) is 0. The van der Waals surface area contributed by atoms with Gasteiger partial charge in [0.1, 0.15) is 0 Å². The van der Waals surface area contributed by atoms with E-state index in [1.54, 1.807) is 13.2 Å². The first kappa shape index (κ1) is 30.5. The van der Waals surface area contributed by atoms with Crippen molar-refractivity contribution in [1.29, 1.82) is 0 Å². The van der Waals surface area contributed by atoms with E-state index in [9.17, 15) is 4.79 Å². The SMILES string of the molecule is COC(C/C=C\C=C\CC/C=C/CC(C)/C=C/C(=C\C(=O)O)CCO)/C(C)=C\C=C(/C)CO. The van der Waals surface area contributed by atoms with Crippen molar-refractivity contribution in [3.8, 4) is 0 Å². The second-order valence-corrected chi connectivity index (χ2v) is 8.05. The molecule has 33 heavy (non-hydrogen) atoms. The van der Waals surface area contributed by atoms with Crippen LogP contribution in [0.2, 0.25) is 0 Å². The van der Waals surface area contributed by atoms with Gasteiger partial charge >= 0.3 is 5.97 Å². The molecule has 2 unspecified atom stereocenters. The lowest BCUT2D eigenvalue weighted by atomic mass is 10.0. The Labute approximate surface area is 199 Å². The van der Waals surface area contributed by atoms with Crippen molar-refractivity contribution in [2.75, 3.05) is 20.3 Å². The standard InChI is InChI=1S/C28H42O5/c1-23(16-18-26(19-20-29)21-28(31)32)13-11-9-7-5-6-8-10-12-14-27(33-4)25(3)17-15-24(2)22-30/h6,8-12,15-18,21,23,27,29-30H,5,7,13-14,19-20,22H2,1-4H3,(H,31,32)/b8-6+,11-9+,12-10-,18-16+,24-15+,25-17-,26-21+. The minimum Gasteiger partial charge on any atom is -0.478 e. The van der Waals surface area contributed by atoms with Crippen LogP contribution in [0, 0.1) is 5.92 Å². The maximum atomic E-state index is 10.8. The molecule has 0 saturated carbocycles. The normalized spacial score (nSPS) is 16.0. The first-order chi connectivity index (χ1) is 15.8. The Morgan fingerprint density at radius 3 is 2.30 bits per heavy atom. The zero-order valence-corrected chi connectivity index (χ0v) is 20.6. The van der Waals surface area contributed by atoms with Crippen molar-refractivity contribution < 1.29 is 24.9 Å². The Bertz CT molecular complexity index is 750. The number of hydrogen-bond acceptors (Lipinski definition) is 4. The maximum absolute atomic E-state index is 10.8. The van der Waals surface area contributed by atoms with Crippen LogP contribution in [0.25, 0.3) is 0 Å². The lowest BCUT2D eigenvalue weighted by Gasteiger charge is -2.13. The molecule has 0 aromatic heterocycles. The Balaban J connectivity index is 4.29. The van der Waals surface area contributed by atoms with Crippen molar-refractivity contribution in [3.05, 3.63) is 83.6 Å². The van der Waals surface area contributed by atoms with Crippen LogP contribution < -0.4 is 0 Å². The summed E-state index contributed by atoms with van der Waals surface area (Å²) >= 11 is 0. The zero-order valence-electron chi connectivity index (χ0n) is 20.6. The van der Waals surface area contributed by atoms with E-state index in [4.69, 9.17) is 20.1 Å². The number of carboxylic acid groups (broad SMARTS) is 1. The summed E-state index contributed by atoms with van der Waals surface area (Å²) in [6.45, 7) is 6.00. The molecule has 0 heterocycles. The van der Waals surface area contributed by atoms with E-state index in [-0.39, 0.29) is 19.3 Å².